The van der Waals surface area contributed by atoms with E-state index in [1.54, 1.807) is 13.8 Å². The predicted octanol–water partition coefficient (Wildman–Crippen LogP) is 0.790. The number of carboxylic acid groups (broad SMARTS) is 1. The zero-order valence-electron chi connectivity index (χ0n) is 6.36. The molecule has 1 fully saturated rings. The van der Waals surface area contributed by atoms with Crippen LogP contribution in [0.4, 0.5) is 4.79 Å². The highest BCUT2D eigenvalue weighted by Crippen LogP contribution is 2.22. The maximum Gasteiger partial charge on any atom is 0.508 e. The van der Waals surface area contributed by atoms with Crippen molar-refractivity contribution < 1.29 is 24.1 Å². The quantitative estimate of drug-likeness (QED) is 0.577. The number of hydrogen-bond acceptors (Lipinski definition) is 4. The molecular weight excluding hydrogens is 152 g/mol. The van der Waals surface area contributed by atoms with Crippen molar-refractivity contribution in [3.63, 3.8) is 0 Å². The summed E-state index contributed by atoms with van der Waals surface area (Å²) in [6.07, 6.45) is -2.14. The van der Waals surface area contributed by atoms with Crippen LogP contribution in [-0.2, 0) is 14.2 Å². The Hall–Kier alpha value is -0.810. The van der Waals surface area contributed by atoms with E-state index in [-0.39, 0.29) is 6.61 Å². The van der Waals surface area contributed by atoms with E-state index in [1.807, 2.05) is 0 Å². The molecule has 0 aromatic heterocycles. The van der Waals surface area contributed by atoms with Crippen molar-refractivity contribution in [2.45, 2.75) is 25.9 Å². The molecule has 0 aromatic carbocycles. The maximum atomic E-state index is 10.0. The van der Waals surface area contributed by atoms with Gasteiger partial charge in [0.2, 0.25) is 6.29 Å². The third-order valence-electron chi connectivity index (χ3n) is 1.21. The number of ether oxygens (including phenoxy) is 3. The largest absolute Gasteiger partial charge is 0.508 e. The lowest BCUT2D eigenvalue weighted by Gasteiger charge is -2.15. The Morgan fingerprint density at radius 3 is 2.73 bits per heavy atom. The molecule has 1 rings (SSSR count). The van der Waals surface area contributed by atoms with Gasteiger partial charge in [-0.25, -0.2) is 4.79 Å². The zero-order valence-corrected chi connectivity index (χ0v) is 6.36. The second-order valence-corrected chi connectivity index (χ2v) is 2.64. The molecule has 0 spiro atoms. The molecule has 0 aliphatic carbocycles. The Bertz CT molecular complexity index is 164. The van der Waals surface area contributed by atoms with Gasteiger partial charge in [-0.15, -0.1) is 0 Å². The Labute approximate surface area is 63.9 Å². The van der Waals surface area contributed by atoms with Gasteiger partial charge in [0.15, 0.2) is 5.79 Å². The van der Waals surface area contributed by atoms with Crippen LogP contribution in [0.1, 0.15) is 13.8 Å². The van der Waals surface area contributed by atoms with Gasteiger partial charge < -0.3 is 19.3 Å². The molecular formula is C6H10O5. The first-order chi connectivity index (χ1) is 4.99. The molecule has 11 heavy (non-hydrogen) atoms. The average Bonchev–Trinajstić information content (AvgIpc) is 2.08. The lowest BCUT2D eigenvalue weighted by atomic mass is 10.4. The minimum Gasteiger partial charge on any atom is -0.450 e. The third kappa shape index (κ3) is 2.36. The van der Waals surface area contributed by atoms with E-state index >= 15 is 0 Å². The van der Waals surface area contributed by atoms with E-state index in [0.717, 1.165) is 0 Å². The third-order valence-corrected chi connectivity index (χ3v) is 1.21. The Kier molecular flexibility index (Phi) is 2.01. The molecule has 1 atom stereocenters. The number of rotatable bonds is 1. The minimum atomic E-state index is -1.35. The smallest absolute Gasteiger partial charge is 0.450 e. The molecule has 1 aliphatic rings. The van der Waals surface area contributed by atoms with Crippen LogP contribution in [0.15, 0.2) is 0 Å². The first-order valence-corrected chi connectivity index (χ1v) is 3.21. The summed E-state index contributed by atoms with van der Waals surface area (Å²) in [7, 11) is 0. The highest BCUT2D eigenvalue weighted by atomic mass is 16.8. The van der Waals surface area contributed by atoms with Gasteiger partial charge in [-0.05, 0) is 13.8 Å². The molecule has 0 unspecified atom stereocenters. The lowest BCUT2D eigenvalue weighted by Crippen LogP contribution is -2.24. The molecule has 0 aromatic rings. The van der Waals surface area contributed by atoms with E-state index in [2.05, 4.69) is 4.74 Å². The summed E-state index contributed by atoms with van der Waals surface area (Å²) in [5, 5.41) is 8.19. The summed E-state index contributed by atoms with van der Waals surface area (Å²) in [6, 6.07) is 0. The van der Waals surface area contributed by atoms with E-state index < -0.39 is 18.2 Å². The summed E-state index contributed by atoms with van der Waals surface area (Å²) in [5.74, 6) is -0.736. The van der Waals surface area contributed by atoms with Crippen molar-refractivity contribution in [3.8, 4) is 0 Å². The van der Waals surface area contributed by atoms with E-state index in [1.165, 1.54) is 0 Å². The molecule has 5 heteroatoms. The van der Waals surface area contributed by atoms with Crippen LogP contribution in [0.5, 0.6) is 0 Å². The molecule has 0 saturated carbocycles. The second kappa shape index (κ2) is 2.67. The molecule has 1 saturated heterocycles. The first kappa shape index (κ1) is 8.29. The van der Waals surface area contributed by atoms with E-state index in [0.29, 0.717) is 0 Å². The van der Waals surface area contributed by atoms with Crippen LogP contribution in [0.25, 0.3) is 0 Å². The normalized spacial score (nSPS) is 28.4. The molecule has 1 N–H and O–H groups in total. The van der Waals surface area contributed by atoms with Crippen LogP contribution in [0.3, 0.4) is 0 Å². The second-order valence-electron chi connectivity index (χ2n) is 2.64. The van der Waals surface area contributed by atoms with Crippen LogP contribution in [-0.4, -0.2) is 29.9 Å². The van der Waals surface area contributed by atoms with Crippen molar-refractivity contribution in [1.29, 1.82) is 0 Å². The fraction of sp³-hybridized carbons (Fsp3) is 0.833. The van der Waals surface area contributed by atoms with Crippen molar-refractivity contribution in [1.82, 2.24) is 0 Å². The molecule has 1 heterocycles. The Morgan fingerprint density at radius 1 is 1.73 bits per heavy atom. The van der Waals surface area contributed by atoms with Gasteiger partial charge in [0.1, 0.15) is 6.61 Å². The van der Waals surface area contributed by atoms with Gasteiger partial charge >= 0.3 is 6.16 Å². The molecule has 0 bridgehead atoms. The van der Waals surface area contributed by atoms with Gasteiger partial charge in [0, 0.05) is 0 Å². The standard InChI is InChI=1S/C6H10O5/c1-6(2)9-3-4(11-6)10-5(7)8/h4H,3H2,1-2H3,(H,7,8)/t4-/m0/s1. The first-order valence-electron chi connectivity index (χ1n) is 3.21. The number of carbonyl (C=O) groups is 1. The molecule has 1 aliphatic heterocycles. The van der Waals surface area contributed by atoms with Gasteiger partial charge in [-0.2, -0.15) is 0 Å². The van der Waals surface area contributed by atoms with Crippen molar-refractivity contribution in [3.05, 3.63) is 0 Å². The fourth-order valence-corrected chi connectivity index (χ4v) is 0.824. The van der Waals surface area contributed by atoms with Gasteiger partial charge in [-0.3, -0.25) is 0 Å². The van der Waals surface area contributed by atoms with Crippen LogP contribution < -0.4 is 0 Å². The molecule has 0 radical (unpaired) electrons. The topological polar surface area (TPSA) is 65.0 Å². The highest BCUT2D eigenvalue weighted by molar-refractivity contribution is 5.56. The van der Waals surface area contributed by atoms with Crippen LogP contribution in [0, 0.1) is 0 Å². The monoisotopic (exact) mass is 162 g/mol. The fourth-order valence-electron chi connectivity index (χ4n) is 0.824. The summed E-state index contributed by atoms with van der Waals surface area (Å²) >= 11 is 0. The minimum absolute atomic E-state index is 0.152. The van der Waals surface area contributed by atoms with Crippen molar-refractivity contribution >= 4 is 6.16 Å². The summed E-state index contributed by atoms with van der Waals surface area (Å²) in [5.41, 5.74) is 0. The van der Waals surface area contributed by atoms with Crippen molar-refractivity contribution in [2.75, 3.05) is 6.61 Å². The van der Waals surface area contributed by atoms with Crippen molar-refractivity contribution in [2.24, 2.45) is 0 Å². The molecule has 0 amide bonds. The molecule has 5 nitrogen and oxygen atoms in total. The molecule has 64 valence electrons. The predicted molar refractivity (Wildman–Crippen MR) is 34.0 cm³/mol. The van der Waals surface area contributed by atoms with Gasteiger partial charge in [0.05, 0.1) is 0 Å². The van der Waals surface area contributed by atoms with Gasteiger partial charge in [-0.1, -0.05) is 0 Å². The van der Waals surface area contributed by atoms with Crippen LogP contribution in [0.2, 0.25) is 0 Å². The Balaban J connectivity index is 2.36. The van der Waals surface area contributed by atoms with E-state index in [9.17, 15) is 4.79 Å². The highest BCUT2D eigenvalue weighted by Gasteiger charge is 2.34. The summed E-state index contributed by atoms with van der Waals surface area (Å²) in [6.45, 7) is 3.54. The SMILES string of the molecule is CC1(C)OC[C@@H](OC(=O)O)O1. The number of hydrogen-bond donors (Lipinski definition) is 1. The zero-order chi connectivity index (χ0) is 8.48. The average molecular weight is 162 g/mol. The maximum absolute atomic E-state index is 10.0. The van der Waals surface area contributed by atoms with Gasteiger partial charge in [0.25, 0.3) is 0 Å². The Morgan fingerprint density at radius 2 is 2.36 bits per heavy atom. The lowest BCUT2D eigenvalue weighted by molar-refractivity contribution is -0.177. The summed E-state index contributed by atoms with van der Waals surface area (Å²) < 4.78 is 14.4. The van der Waals surface area contributed by atoms with Crippen LogP contribution >= 0.6 is 0 Å². The summed E-state index contributed by atoms with van der Waals surface area (Å²) in [4.78, 5) is 10.0. The van der Waals surface area contributed by atoms with E-state index in [4.69, 9.17) is 14.6 Å².